The molecule has 2 aromatic carbocycles. The van der Waals surface area contributed by atoms with E-state index in [0.29, 0.717) is 43.2 Å². The maximum absolute atomic E-state index is 13.1. The van der Waals surface area contributed by atoms with Gasteiger partial charge >= 0.3 is 0 Å². The fourth-order valence-corrected chi connectivity index (χ4v) is 4.86. The van der Waals surface area contributed by atoms with Crippen molar-refractivity contribution in [1.82, 2.24) is 15.1 Å². The molecule has 34 heavy (non-hydrogen) atoms. The van der Waals surface area contributed by atoms with Crippen LogP contribution in [0.2, 0.25) is 0 Å². The van der Waals surface area contributed by atoms with E-state index in [1.807, 2.05) is 18.7 Å². The molecule has 0 aliphatic carbocycles. The molecule has 2 amide bonds. The van der Waals surface area contributed by atoms with Crippen LogP contribution in [0.3, 0.4) is 0 Å². The zero-order valence-corrected chi connectivity index (χ0v) is 20.6. The summed E-state index contributed by atoms with van der Waals surface area (Å²) in [6.07, 6.45) is 0.734. The van der Waals surface area contributed by atoms with Gasteiger partial charge < -0.3 is 15.0 Å². The van der Waals surface area contributed by atoms with E-state index >= 15 is 0 Å². The van der Waals surface area contributed by atoms with Crippen molar-refractivity contribution in [2.75, 3.05) is 44.6 Å². The Hall–Kier alpha value is -3.11. The number of sulfonamides is 1. The predicted molar refractivity (Wildman–Crippen MR) is 130 cm³/mol. The van der Waals surface area contributed by atoms with Gasteiger partial charge in [-0.15, -0.1) is 0 Å². The Bertz CT molecular complexity index is 1100. The lowest BCUT2D eigenvalue weighted by molar-refractivity contribution is -0.122. The molecule has 1 fully saturated rings. The number of benzene rings is 2. The first kappa shape index (κ1) is 25.5. The molecule has 1 saturated heterocycles. The van der Waals surface area contributed by atoms with Crippen molar-refractivity contribution >= 4 is 27.5 Å². The van der Waals surface area contributed by atoms with Crippen molar-refractivity contribution in [1.29, 1.82) is 0 Å². The first-order valence-electron chi connectivity index (χ1n) is 11.3. The van der Waals surface area contributed by atoms with Crippen molar-refractivity contribution in [2.24, 2.45) is 0 Å². The summed E-state index contributed by atoms with van der Waals surface area (Å²) in [5, 5.41) is 2.88. The number of ether oxygens (including phenoxy) is 1. The van der Waals surface area contributed by atoms with Gasteiger partial charge in [-0.2, -0.15) is 0 Å². The van der Waals surface area contributed by atoms with E-state index < -0.39 is 10.0 Å². The third-order valence-electron chi connectivity index (χ3n) is 5.43. The van der Waals surface area contributed by atoms with E-state index in [0.717, 1.165) is 13.0 Å². The first-order chi connectivity index (χ1) is 16.2. The molecule has 0 aromatic heterocycles. The molecule has 9 nitrogen and oxygen atoms in total. The van der Waals surface area contributed by atoms with Gasteiger partial charge in [0.2, 0.25) is 5.91 Å². The van der Waals surface area contributed by atoms with Gasteiger partial charge in [0.05, 0.1) is 18.6 Å². The van der Waals surface area contributed by atoms with E-state index in [9.17, 15) is 18.0 Å². The number of hydrogen-bond acceptors (Lipinski definition) is 6. The Morgan fingerprint density at radius 2 is 1.76 bits per heavy atom. The fourth-order valence-electron chi connectivity index (χ4n) is 3.75. The average Bonchev–Trinajstić information content (AvgIpc) is 3.04. The van der Waals surface area contributed by atoms with Gasteiger partial charge in [-0.1, -0.05) is 6.07 Å². The maximum Gasteiger partial charge on any atom is 0.261 e. The van der Waals surface area contributed by atoms with Crippen LogP contribution < -0.4 is 14.8 Å². The van der Waals surface area contributed by atoms with Crippen LogP contribution in [0.4, 0.5) is 5.69 Å². The zero-order chi connectivity index (χ0) is 24.7. The lowest BCUT2D eigenvalue weighted by Gasteiger charge is -2.22. The second kappa shape index (κ2) is 11.3. The van der Waals surface area contributed by atoms with Gasteiger partial charge in [-0.3, -0.25) is 19.2 Å². The highest BCUT2D eigenvalue weighted by Gasteiger charge is 2.23. The normalized spacial score (nSPS) is 15.0. The van der Waals surface area contributed by atoms with E-state index in [2.05, 4.69) is 10.0 Å². The molecule has 0 atom stereocenters. The van der Waals surface area contributed by atoms with Gasteiger partial charge in [0, 0.05) is 43.5 Å². The van der Waals surface area contributed by atoms with Crippen molar-refractivity contribution < 1.29 is 22.7 Å². The molecule has 0 radical (unpaired) electrons. The van der Waals surface area contributed by atoms with E-state index in [1.54, 1.807) is 41.3 Å². The Morgan fingerprint density at radius 1 is 1.03 bits per heavy atom. The summed E-state index contributed by atoms with van der Waals surface area (Å²) < 4.78 is 33.4. The Labute approximate surface area is 201 Å². The first-order valence-corrected chi connectivity index (χ1v) is 12.7. The summed E-state index contributed by atoms with van der Waals surface area (Å²) in [6, 6.07) is 12.7. The minimum atomic E-state index is -3.87. The van der Waals surface area contributed by atoms with Crippen LogP contribution in [0.15, 0.2) is 53.4 Å². The molecule has 0 saturated carbocycles. The third kappa shape index (κ3) is 6.94. The molecular formula is C24H32N4O5S. The second-order valence-electron chi connectivity index (χ2n) is 8.51. The number of rotatable bonds is 8. The van der Waals surface area contributed by atoms with Crippen molar-refractivity contribution in [3.8, 4) is 5.75 Å². The molecule has 1 aliphatic rings. The molecule has 0 unspecified atom stereocenters. The summed E-state index contributed by atoms with van der Waals surface area (Å²) >= 11 is 0. The largest absolute Gasteiger partial charge is 0.497 e. The van der Waals surface area contributed by atoms with Crippen molar-refractivity contribution in [3.05, 3.63) is 54.1 Å². The van der Waals surface area contributed by atoms with Gasteiger partial charge in [0.15, 0.2) is 0 Å². The molecule has 2 N–H and O–H groups in total. The molecule has 0 spiro atoms. The summed E-state index contributed by atoms with van der Waals surface area (Å²) in [4.78, 5) is 29.0. The summed E-state index contributed by atoms with van der Waals surface area (Å²) in [5.74, 6) is 0.360. The second-order valence-corrected chi connectivity index (χ2v) is 10.2. The molecular weight excluding hydrogens is 456 g/mol. The van der Waals surface area contributed by atoms with Crippen molar-refractivity contribution in [2.45, 2.75) is 31.2 Å². The Morgan fingerprint density at radius 3 is 2.44 bits per heavy atom. The van der Waals surface area contributed by atoms with Crippen LogP contribution in [0.1, 0.15) is 30.6 Å². The van der Waals surface area contributed by atoms with Crippen LogP contribution in [0.25, 0.3) is 0 Å². The highest BCUT2D eigenvalue weighted by Crippen LogP contribution is 2.21. The van der Waals surface area contributed by atoms with Gasteiger partial charge in [-0.05, 0) is 62.7 Å². The highest BCUT2D eigenvalue weighted by atomic mass is 32.2. The molecule has 1 aliphatic heterocycles. The number of nitrogens with one attached hydrogen (secondary N) is 2. The van der Waals surface area contributed by atoms with E-state index in [-0.39, 0.29) is 22.8 Å². The van der Waals surface area contributed by atoms with Gasteiger partial charge in [0.25, 0.3) is 15.9 Å². The Balaban J connectivity index is 1.66. The summed E-state index contributed by atoms with van der Waals surface area (Å²) in [6.45, 7) is 6.44. The number of hydrogen-bond donors (Lipinski definition) is 2. The molecule has 2 aromatic rings. The predicted octanol–water partition coefficient (Wildman–Crippen LogP) is 2.17. The smallest absolute Gasteiger partial charge is 0.261 e. The van der Waals surface area contributed by atoms with Crippen LogP contribution in [0, 0.1) is 0 Å². The summed E-state index contributed by atoms with van der Waals surface area (Å²) in [5.41, 5.74) is 0.704. The number of anilines is 1. The lowest BCUT2D eigenvalue weighted by atomic mass is 10.2. The third-order valence-corrected chi connectivity index (χ3v) is 6.81. The minimum absolute atomic E-state index is 0.0102. The molecule has 1 heterocycles. The molecule has 184 valence electrons. The topological polar surface area (TPSA) is 108 Å². The van der Waals surface area contributed by atoms with Crippen LogP contribution in [0.5, 0.6) is 5.75 Å². The highest BCUT2D eigenvalue weighted by molar-refractivity contribution is 7.92. The number of nitrogens with zero attached hydrogens (tertiary/aromatic N) is 2. The van der Waals surface area contributed by atoms with Gasteiger partial charge in [-0.25, -0.2) is 8.42 Å². The van der Waals surface area contributed by atoms with Crippen LogP contribution in [-0.4, -0.2) is 75.9 Å². The number of amides is 2. The van der Waals surface area contributed by atoms with Crippen molar-refractivity contribution in [3.63, 3.8) is 0 Å². The standard InChI is InChI=1S/C24H32N4O5S/c1-18(2)25-23(29)17-27-12-5-13-28(15-14-27)24(30)19-6-4-7-22(16-19)34(31,32)26-20-8-10-21(33-3)11-9-20/h4,6-11,16,18,26H,5,12-15,17H2,1-3H3,(H,25,29). The maximum atomic E-state index is 13.1. The summed E-state index contributed by atoms with van der Waals surface area (Å²) in [7, 11) is -2.34. The van der Waals surface area contributed by atoms with Crippen LogP contribution in [-0.2, 0) is 14.8 Å². The lowest BCUT2D eigenvalue weighted by Crippen LogP contribution is -2.42. The number of carbonyl (C=O) groups excluding carboxylic acids is 2. The molecule has 0 bridgehead atoms. The average molecular weight is 489 g/mol. The Kier molecular flexibility index (Phi) is 8.51. The minimum Gasteiger partial charge on any atom is -0.497 e. The SMILES string of the molecule is COc1ccc(NS(=O)(=O)c2cccc(C(=O)N3CCCN(CC(=O)NC(C)C)CC3)c2)cc1. The monoisotopic (exact) mass is 488 g/mol. The van der Waals surface area contributed by atoms with Crippen LogP contribution >= 0.6 is 0 Å². The van der Waals surface area contributed by atoms with E-state index in [1.165, 1.54) is 19.2 Å². The number of methoxy groups -OCH3 is 1. The number of carbonyl (C=O) groups is 2. The van der Waals surface area contributed by atoms with E-state index in [4.69, 9.17) is 4.74 Å². The molecule has 3 rings (SSSR count). The fraction of sp³-hybridized carbons (Fsp3) is 0.417. The quantitative estimate of drug-likeness (QED) is 0.590. The molecule has 10 heteroatoms. The van der Waals surface area contributed by atoms with Gasteiger partial charge in [0.1, 0.15) is 5.75 Å². The zero-order valence-electron chi connectivity index (χ0n) is 19.8.